The molecule has 6 nitrogen and oxygen atoms in total. The molecule has 2 aliphatic rings. The average Bonchev–Trinajstić information content (AvgIpc) is 3.12. The normalized spacial score (nSPS) is 23.2. The largest absolute Gasteiger partial charge is 0.342 e. The molecule has 2 heterocycles. The minimum atomic E-state index is -3.05. The van der Waals surface area contributed by atoms with E-state index in [1.54, 1.807) is 13.1 Å². The molecular formula is C18H20N2O4S3. The minimum absolute atomic E-state index is 0.0100. The second-order valence-electron chi connectivity index (χ2n) is 6.56. The molecule has 27 heavy (non-hydrogen) atoms. The van der Waals surface area contributed by atoms with Crippen LogP contribution >= 0.6 is 24.0 Å². The molecule has 1 atom stereocenters. The fraction of sp³-hybridized carbons (Fsp3) is 0.389. The minimum Gasteiger partial charge on any atom is -0.342 e. The van der Waals surface area contributed by atoms with E-state index in [1.165, 1.54) is 21.6 Å². The maximum Gasteiger partial charge on any atom is 0.266 e. The third-order valence-corrected chi connectivity index (χ3v) is 7.80. The molecular weight excluding hydrogens is 404 g/mol. The van der Waals surface area contributed by atoms with E-state index >= 15 is 0 Å². The molecule has 2 aliphatic heterocycles. The third kappa shape index (κ3) is 4.77. The van der Waals surface area contributed by atoms with E-state index in [-0.39, 0.29) is 42.3 Å². The predicted octanol–water partition coefficient (Wildman–Crippen LogP) is 1.92. The number of thioether (sulfide) groups is 1. The van der Waals surface area contributed by atoms with Crippen LogP contribution in [-0.2, 0) is 19.4 Å². The highest BCUT2D eigenvalue weighted by Gasteiger charge is 2.35. The Bertz CT molecular complexity index is 896. The molecule has 0 bridgehead atoms. The van der Waals surface area contributed by atoms with Crippen molar-refractivity contribution < 1.29 is 18.0 Å². The van der Waals surface area contributed by atoms with Gasteiger partial charge in [0.2, 0.25) is 5.91 Å². The maximum absolute atomic E-state index is 12.6. The van der Waals surface area contributed by atoms with Gasteiger partial charge in [0, 0.05) is 26.1 Å². The van der Waals surface area contributed by atoms with Gasteiger partial charge < -0.3 is 4.90 Å². The lowest BCUT2D eigenvalue weighted by Gasteiger charge is -2.24. The van der Waals surface area contributed by atoms with Crippen molar-refractivity contribution in [2.75, 3.05) is 25.1 Å². The summed E-state index contributed by atoms with van der Waals surface area (Å²) in [5.74, 6) is -0.254. The highest BCUT2D eigenvalue weighted by molar-refractivity contribution is 8.26. The molecule has 0 spiro atoms. The Kier molecular flexibility index (Phi) is 6.02. The number of hydrogen-bond donors (Lipinski definition) is 0. The van der Waals surface area contributed by atoms with Gasteiger partial charge in [-0.15, -0.1) is 0 Å². The summed E-state index contributed by atoms with van der Waals surface area (Å²) in [4.78, 5) is 28.5. The molecule has 0 aromatic heterocycles. The summed E-state index contributed by atoms with van der Waals surface area (Å²) in [5, 5.41) is 0. The van der Waals surface area contributed by atoms with E-state index in [2.05, 4.69) is 0 Å². The van der Waals surface area contributed by atoms with Crippen LogP contribution in [0.4, 0.5) is 0 Å². The molecule has 9 heteroatoms. The van der Waals surface area contributed by atoms with E-state index in [0.29, 0.717) is 15.6 Å². The molecule has 2 saturated heterocycles. The molecule has 0 unspecified atom stereocenters. The maximum atomic E-state index is 12.6. The van der Waals surface area contributed by atoms with Gasteiger partial charge in [-0.2, -0.15) is 0 Å². The average molecular weight is 425 g/mol. The van der Waals surface area contributed by atoms with E-state index < -0.39 is 9.84 Å². The van der Waals surface area contributed by atoms with E-state index in [9.17, 15) is 18.0 Å². The van der Waals surface area contributed by atoms with Gasteiger partial charge in [0.15, 0.2) is 9.84 Å². The zero-order chi connectivity index (χ0) is 19.6. The van der Waals surface area contributed by atoms with Gasteiger partial charge in [-0.1, -0.05) is 54.3 Å². The van der Waals surface area contributed by atoms with Crippen molar-refractivity contribution in [3.63, 3.8) is 0 Å². The van der Waals surface area contributed by atoms with Crippen molar-refractivity contribution in [1.29, 1.82) is 0 Å². The number of carbonyl (C=O) groups excluding carboxylic acids is 2. The fourth-order valence-electron chi connectivity index (χ4n) is 3.06. The topological polar surface area (TPSA) is 74.8 Å². The second kappa shape index (κ2) is 8.12. The number of carbonyl (C=O) groups is 2. The van der Waals surface area contributed by atoms with Crippen LogP contribution in [0.2, 0.25) is 0 Å². The van der Waals surface area contributed by atoms with Gasteiger partial charge in [-0.25, -0.2) is 8.42 Å². The Balaban J connectivity index is 1.59. The molecule has 144 valence electrons. The van der Waals surface area contributed by atoms with Crippen LogP contribution in [0, 0.1) is 0 Å². The number of thiocarbonyl (C=S) groups is 1. The summed E-state index contributed by atoms with van der Waals surface area (Å²) in [6.07, 6.45) is 2.36. The van der Waals surface area contributed by atoms with Crippen LogP contribution in [0.5, 0.6) is 0 Å². The quantitative estimate of drug-likeness (QED) is 0.531. The highest BCUT2D eigenvalue weighted by Crippen LogP contribution is 2.32. The Labute approximate surface area is 168 Å². The summed E-state index contributed by atoms with van der Waals surface area (Å²) in [5.41, 5.74) is 0.913. The smallest absolute Gasteiger partial charge is 0.266 e. The van der Waals surface area contributed by atoms with E-state index in [1.807, 2.05) is 30.3 Å². The number of nitrogens with zero attached hydrogens (tertiary/aromatic N) is 2. The Morgan fingerprint density at radius 2 is 2.07 bits per heavy atom. The van der Waals surface area contributed by atoms with Crippen molar-refractivity contribution in [1.82, 2.24) is 9.80 Å². The Morgan fingerprint density at radius 1 is 1.37 bits per heavy atom. The van der Waals surface area contributed by atoms with Gasteiger partial charge in [0.1, 0.15) is 4.32 Å². The summed E-state index contributed by atoms with van der Waals surface area (Å²) in [6.45, 7) is 0.194. The Morgan fingerprint density at radius 3 is 2.70 bits per heavy atom. The van der Waals surface area contributed by atoms with Crippen LogP contribution in [0.3, 0.4) is 0 Å². The Hall–Kier alpha value is -1.71. The molecule has 0 saturated carbocycles. The number of rotatable bonds is 5. The summed E-state index contributed by atoms with van der Waals surface area (Å²) >= 11 is 6.52. The number of hydrogen-bond acceptors (Lipinski definition) is 6. The van der Waals surface area contributed by atoms with Gasteiger partial charge in [0.05, 0.1) is 16.4 Å². The first-order valence-electron chi connectivity index (χ1n) is 8.53. The highest BCUT2D eigenvalue weighted by atomic mass is 32.2. The van der Waals surface area contributed by atoms with Gasteiger partial charge in [-0.05, 0) is 18.1 Å². The van der Waals surface area contributed by atoms with Gasteiger partial charge in [-0.3, -0.25) is 14.5 Å². The van der Waals surface area contributed by atoms with Gasteiger partial charge in [0.25, 0.3) is 5.91 Å². The first-order chi connectivity index (χ1) is 12.8. The molecule has 0 N–H and O–H groups in total. The molecule has 0 radical (unpaired) electrons. The monoisotopic (exact) mass is 424 g/mol. The van der Waals surface area contributed by atoms with Crippen molar-refractivity contribution in [2.45, 2.75) is 18.9 Å². The zero-order valence-corrected chi connectivity index (χ0v) is 17.3. The van der Waals surface area contributed by atoms with E-state index in [4.69, 9.17) is 12.2 Å². The standard InChI is InChI=1S/C18H20N2O4S3/c1-19(14-8-10-27(23,24)12-14)16(21)7-9-20-17(22)15(26-18(20)25)11-13-5-3-2-4-6-13/h2-6,11,14H,7-10,12H2,1H3/b15-11+/t14-/m0/s1. The molecule has 0 aliphatic carbocycles. The van der Waals surface area contributed by atoms with Crippen LogP contribution < -0.4 is 0 Å². The predicted molar refractivity (Wildman–Crippen MR) is 111 cm³/mol. The van der Waals surface area contributed by atoms with Crippen LogP contribution in [0.25, 0.3) is 6.08 Å². The van der Waals surface area contributed by atoms with Crippen molar-refractivity contribution in [3.8, 4) is 0 Å². The van der Waals surface area contributed by atoms with Crippen LogP contribution in [-0.4, -0.2) is 65.5 Å². The fourth-order valence-corrected chi connectivity index (χ4v) is 6.14. The summed E-state index contributed by atoms with van der Waals surface area (Å²) in [6, 6.07) is 9.21. The summed E-state index contributed by atoms with van der Waals surface area (Å²) < 4.78 is 23.6. The molecule has 2 amide bonds. The summed E-state index contributed by atoms with van der Waals surface area (Å²) in [7, 11) is -1.43. The first-order valence-corrected chi connectivity index (χ1v) is 11.6. The molecule has 1 aromatic rings. The number of sulfone groups is 1. The molecule has 2 fully saturated rings. The van der Waals surface area contributed by atoms with Gasteiger partial charge >= 0.3 is 0 Å². The number of amides is 2. The van der Waals surface area contributed by atoms with Crippen LogP contribution in [0.15, 0.2) is 35.2 Å². The second-order valence-corrected chi connectivity index (χ2v) is 10.5. The molecule has 1 aromatic carbocycles. The van der Waals surface area contributed by atoms with Crippen molar-refractivity contribution >= 4 is 56.0 Å². The zero-order valence-electron chi connectivity index (χ0n) is 14.8. The SMILES string of the molecule is CN(C(=O)CCN1C(=O)/C(=C\c2ccccc2)SC1=S)[C@H]1CCS(=O)(=O)C1. The van der Waals surface area contributed by atoms with Crippen molar-refractivity contribution in [2.24, 2.45) is 0 Å². The molecule has 3 rings (SSSR count). The first kappa shape index (κ1) is 20.0. The number of benzene rings is 1. The lowest BCUT2D eigenvalue weighted by molar-refractivity contribution is -0.132. The van der Waals surface area contributed by atoms with Crippen molar-refractivity contribution in [3.05, 3.63) is 40.8 Å². The lowest BCUT2D eigenvalue weighted by atomic mass is 10.2. The van der Waals surface area contributed by atoms with Crippen LogP contribution in [0.1, 0.15) is 18.4 Å². The van der Waals surface area contributed by atoms with E-state index in [0.717, 1.165) is 5.56 Å². The third-order valence-electron chi connectivity index (χ3n) is 4.67. The lowest BCUT2D eigenvalue weighted by Crippen LogP contribution is -2.40.